The predicted octanol–water partition coefficient (Wildman–Crippen LogP) is 7.39. The SMILES string of the molecule is CCOC(=O)[C@H]1C2CCC(CC2)[C@@H]1Nc1nc(-c2cn(Cc3cccs3)c3ncc(F)cc23)nc(-c2cccs2)c1F. The number of halogens is 2. The van der Waals surface area contributed by atoms with Gasteiger partial charge in [-0.1, -0.05) is 12.1 Å². The van der Waals surface area contributed by atoms with Crippen molar-refractivity contribution >= 4 is 45.5 Å². The second-order valence-corrected chi connectivity index (χ2v) is 12.9. The first-order valence-corrected chi connectivity index (χ1v) is 16.0. The van der Waals surface area contributed by atoms with E-state index in [-0.39, 0.29) is 47.1 Å². The van der Waals surface area contributed by atoms with Gasteiger partial charge in [-0.15, -0.1) is 22.7 Å². The van der Waals surface area contributed by atoms with Crippen molar-refractivity contribution in [1.29, 1.82) is 0 Å². The van der Waals surface area contributed by atoms with Crippen molar-refractivity contribution < 1.29 is 18.3 Å². The van der Waals surface area contributed by atoms with Crippen LogP contribution in [0.1, 0.15) is 37.5 Å². The molecule has 42 heavy (non-hydrogen) atoms. The summed E-state index contributed by atoms with van der Waals surface area (Å²) in [6.07, 6.45) is 6.92. The van der Waals surface area contributed by atoms with Gasteiger partial charge in [-0.2, -0.15) is 0 Å². The Morgan fingerprint density at radius 1 is 1.10 bits per heavy atom. The van der Waals surface area contributed by atoms with Crippen LogP contribution < -0.4 is 5.32 Å². The summed E-state index contributed by atoms with van der Waals surface area (Å²) >= 11 is 3.00. The van der Waals surface area contributed by atoms with Gasteiger partial charge in [0, 0.05) is 28.1 Å². The van der Waals surface area contributed by atoms with Crippen LogP contribution in [-0.4, -0.2) is 38.1 Å². The van der Waals surface area contributed by atoms with Crippen molar-refractivity contribution in [2.24, 2.45) is 17.8 Å². The first-order chi connectivity index (χ1) is 20.5. The van der Waals surface area contributed by atoms with Crippen LogP contribution in [0.25, 0.3) is 33.0 Å². The zero-order valence-electron chi connectivity index (χ0n) is 22.9. The van der Waals surface area contributed by atoms with Crippen molar-refractivity contribution in [3.05, 3.63) is 70.0 Å². The fourth-order valence-electron chi connectivity index (χ4n) is 6.65. The second kappa shape index (κ2) is 11.2. The van der Waals surface area contributed by atoms with E-state index in [0.29, 0.717) is 34.6 Å². The maximum atomic E-state index is 16.3. The Bertz CT molecular complexity index is 1730. The molecule has 5 aromatic heterocycles. The van der Waals surface area contributed by atoms with E-state index < -0.39 is 11.6 Å². The summed E-state index contributed by atoms with van der Waals surface area (Å²) in [4.78, 5) is 28.7. The third-order valence-electron chi connectivity index (χ3n) is 8.51. The van der Waals surface area contributed by atoms with Gasteiger partial charge in [0.15, 0.2) is 17.5 Å². The van der Waals surface area contributed by atoms with E-state index >= 15 is 4.39 Å². The average Bonchev–Trinajstić information content (AvgIpc) is 3.78. The molecule has 11 heteroatoms. The van der Waals surface area contributed by atoms with Gasteiger partial charge in [0.05, 0.1) is 30.1 Å². The van der Waals surface area contributed by atoms with Gasteiger partial charge in [-0.05, 0) is 73.4 Å². The highest BCUT2D eigenvalue weighted by atomic mass is 32.1. The van der Waals surface area contributed by atoms with E-state index in [1.54, 1.807) is 18.3 Å². The number of nitrogens with one attached hydrogen (secondary N) is 1. The molecule has 2 atom stereocenters. The molecule has 7 nitrogen and oxygen atoms in total. The van der Waals surface area contributed by atoms with Gasteiger partial charge in [0.1, 0.15) is 17.2 Å². The molecule has 3 fully saturated rings. The van der Waals surface area contributed by atoms with E-state index in [9.17, 15) is 9.18 Å². The minimum absolute atomic E-state index is 0.0405. The minimum Gasteiger partial charge on any atom is -0.466 e. The molecule has 2 bridgehead atoms. The normalized spacial score (nSPS) is 21.6. The molecule has 0 saturated heterocycles. The number of ether oxygens (including phenoxy) is 1. The Balaban J connectivity index is 1.36. The molecular formula is C31H29F2N5O2S2. The van der Waals surface area contributed by atoms with Crippen LogP contribution in [0, 0.1) is 29.4 Å². The van der Waals surface area contributed by atoms with Gasteiger partial charge in [-0.3, -0.25) is 4.79 Å². The highest BCUT2D eigenvalue weighted by molar-refractivity contribution is 7.13. The number of fused-ring (bicyclic) bond motifs is 4. The molecule has 216 valence electrons. The third kappa shape index (κ3) is 4.88. The average molecular weight is 606 g/mol. The number of rotatable bonds is 8. The summed E-state index contributed by atoms with van der Waals surface area (Å²) in [6, 6.07) is 8.79. The maximum Gasteiger partial charge on any atom is 0.311 e. The maximum absolute atomic E-state index is 16.3. The number of nitrogens with zero attached hydrogens (tertiary/aromatic N) is 4. The standard InChI is InChI=1S/C31H29F2N5O2S2/c1-2-40-31(39)24-17-7-9-18(10-8-17)26(24)35-29-25(33)27(23-6-4-12-42-23)36-28(37-29)22-16-38(15-20-5-3-11-41-20)30-21(22)13-19(32)14-34-30/h3-6,11-14,16-18,24,26H,2,7-10,15H2,1H3,(H,35,36,37)/t17?,18?,24-,26-/m0/s1. The van der Waals surface area contributed by atoms with E-state index in [4.69, 9.17) is 14.7 Å². The molecule has 0 amide bonds. The van der Waals surface area contributed by atoms with Crippen LogP contribution in [0.4, 0.5) is 14.6 Å². The van der Waals surface area contributed by atoms with Crippen LogP contribution in [0.3, 0.4) is 0 Å². The second-order valence-electron chi connectivity index (χ2n) is 10.9. The van der Waals surface area contributed by atoms with Crippen molar-refractivity contribution in [3.63, 3.8) is 0 Å². The van der Waals surface area contributed by atoms with Crippen LogP contribution in [0.15, 0.2) is 53.5 Å². The van der Waals surface area contributed by atoms with Crippen LogP contribution in [0.5, 0.6) is 0 Å². The number of esters is 1. The fourth-order valence-corrected chi connectivity index (χ4v) is 8.06. The highest BCUT2D eigenvalue weighted by Gasteiger charge is 2.48. The first-order valence-electron chi connectivity index (χ1n) is 14.2. The number of hydrogen-bond donors (Lipinski definition) is 1. The minimum atomic E-state index is -0.572. The van der Waals surface area contributed by atoms with Crippen molar-refractivity contribution in [2.45, 2.75) is 45.2 Å². The lowest BCUT2D eigenvalue weighted by Crippen LogP contribution is -2.52. The monoisotopic (exact) mass is 605 g/mol. The number of hydrogen-bond acceptors (Lipinski definition) is 8. The lowest BCUT2D eigenvalue weighted by Gasteiger charge is -2.47. The summed E-state index contributed by atoms with van der Waals surface area (Å²) < 4.78 is 38.2. The Morgan fingerprint density at radius 3 is 2.62 bits per heavy atom. The molecule has 5 aromatic rings. The Hall–Kier alpha value is -3.70. The highest BCUT2D eigenvalue weighted by Crippen LogP contribution is 2.47. The van der Waals surface area contributed by atoms with Crippen LogP contribution in [-0.2, 0) is 16.1 Å². The van der Waals surface area contributed by atoms with Crippen molar-refractivity contribution in [3.8, 4) is 22.0 Å². The van der Waals surface area contributed by atoms with Crippen LogP contribution in [0.2, 0.25) is 0 Å². The molecule has 8 rings (SSSR count). The quantitative estimate of drug-likeness (QED) is 0.186. The van der Waals surface area contributed by atoms with E-state index in [1.165, 1.54) is 23.6 Å². The Morgan fingerprint density at radius 2 is 1.88 bits per heavy atom. The van der Waals surface area contributed by atoms with E-state index in [0.717, 1.165) is 30.6 Å². The number of carbonyl (C=O) groups excluding carboxylic acids is 1. The van der Waals surface area contributed by atoms with E-state index in [1.807, 2.05) is 45.8 Å². The molecular weight excluding hydrogens is 577 g/mol. The van der Waals surface area contributed by atoms with Gasteiger partial charge in [0.2, 0.25) is 0 Å². The predicted molar refractivity (Wildman–Crippen MR) is 160 cm³/mol. The molecule has 0 spiro atoms. The molecule has 3 saturated carbocycles. The topological polar surface area (TPSA) is 81.9 Å². The summed E-state index contributed by atoms with van der Waals surface area (Å²) in [6.45, 7) is 2.65. The molecule has 0 aliphatic heterocycles. The largest absolute Gasteiger partial charge is 0.466 e. The zero-order valence-corrected chi connectivity index (χ0v) is 24.6. The number of aromatic nitrogens is 4. The van der Waals surface area contributed by atoms with Gasteiger partial charge in [-0.25, -0.2) is 23.7 Å². The fraction of sp³-hybridized carbons (Fsp3) is 0.355. The number of pyridine rings is 1. The van der Waals surface area contributed by atoms with Crippen molar-refractivity contribution in [1.82, 2.24) is 19.5 Å². The third-order valence-corrected chi connectivity index (χ3v) is 10.3. The molecule has 0 radical (unpaired) electrons. The lowest BCUT2D eigenvalue weighted by molar-refractivity contribution is -0.154. The smallest absolute Gasteiger partial charge is 0.311 e. The summed E-state index contributed by atoms with van der Waals surface area (Å²) in [5.74, 6) is -0.960. The Labute approximate surface area is 249 Å². The lowest BCUT2D eigenvalue weighted by atomic mass is 9.61. The van der Waals surface area contributed by atoms with Crippen LogP contribution >= 0.6 is 22.7 Å². The summed E-state index contributed by atoms with van der Waals surface area (Å²) in [5, 5.41) is 7.78. The van der Waals surface area contributed by atoms with Gasteiger partial charge >= 0.3 is 5.97 Å². The first kappa shape index (κ1) is 27.2. The van der Waals surface area contributed by atoms with Gasteiger partial charge < -0.3 is 14.6 Å². The molecule has 0 unspecified atom stereocenters. The number of anilines is 1. The molecule has 0 aromatic carbocycles. The van der Waals surface area contributed by atoms with Crippen molar-refractivity contribution in [2.75, 3.05) is 11.9 Å². The zero-order chi connectivity index (χ0) is 28.8. The summed E-state index contributed by atoms with van der Waals surface area (Å²) in [5.41, 5.74) is 1.31. The molecule has 1 N–H and O–H groups in total. The number of carbonyl (C=O) groups is 1. The molecule has 5 heterocycles. The number of thiophene rings is 2. The van der Waals surface area contributed by atoms with E-state index in [2.05, 4.69) is 10.3 Å². The molecule has 3 aliphatic rings. The molecule has 3 aliphatic carbocycles. The van der Waals surface area contributed by atoms with Gasteiger partial charge in [0.25, 0.3) is 0 Å². The Kier molecular flexibility index (Phi) is 7.23. The summed E-state index contributed by atoms with van der Waals surface area (Å²) in [7, 11) is 0.